The van der Waals surface area contributed by atoms with Crippen LogP contribution in [-0.2, 0) is 17.6 Å². The van der Waals surface area contributed by atoms with Crippen molar-refractivity contribution >= 4 is 5.91 Å². The van der Waals surface area contributed by atoms with Crippen LogP contribution in [0.5, 0.6) is 0 Å². The van der Waals surface area contributed by atoms with Crippen molar-refractivity contribution < 1.29 is 9.53 Å². The Morgan fingerprint density at radius 1 is 1.27 bits per heavy atom. The second-order valence-electron chi connectivity index (χ2n) is 7.42. The van der Waals surface area contributed by atoms with Gasteiger partial charge in [-0.25, -0.2) is 4.68 Å². The van der Waals surface area contributed by atoms with Crippen molar-refractivity contribution in [3.05, 3.63) is 45.1 Å². The maximum atomic E-state index is 12.5. The van der Waals surface area contributed by atoms with E-state index < -0.39 is 0 Å². The molecule has 0 bridgehead atoms. The predicted molar refractivity (Wildman–Crippen MR) is 92.2 cm³/mol. The van der Waals surface area contributed by atoms with Gasteiger partial charge in [0, 0.05) is 17.7 Å². The van der Waals surface area contributed by atoms with Crippen LogP contribution in [0.1, 0.15) is 58.7 Å². The highest BCUT2D eigenvalue weighted by Crippen LogP contribution is 2.39. The van der Waals surface area contributed by atoms with Gasteiger partial charge in [0.05, 0.1) is 24.9 Å². The topological polar surface area (TPSA) is 102 Å². The van der Waals surface area contributed by atoms with Gasteiger partial charge in [-0.1, -0.05) is 0 Å². The van der Waals surface area contributed by atoms with Crippen molar-refractivity contribution in [1.29, 1.82) is 0 Å². The zero-order valence-corrected chi connectivity index (χ0v) is 14.4. The van der Waals surface area contributed by atoms with Crippen molar-refractivity contribution in [2.45, 2.75) is 50.1 Å². The first kappa shape index (κ1) is 15.7. The quantitative estimate of drug-likeness (QED) is 0.841. The lowest BCUT2D eigenvalue weighted by Gasteiger charge is -2.20. The molecule has 26 heavy (non-hydrogen) atoms. The standard InChI is InChI=1S/C18H21N5O3/c24-17-6-11-2-1-3-12(11)22-23(17)16-9-26-8-15(16)19-18(25)14-7-13(20-21-14)10-4-5-10/h6-7,10,15-16H,1-5,8-9H2,(H,19,25)(H,20,21). The molecule has 8 nitrogen and oxygen atoms in total. The van der Waals surface area contributed by atoms with Gasteiger partial charge < -0.3 is 10.1 Å². The number of aromatic nitrogens is 4. The first-order valence-corrected chi connectivity index (χ1v) is 9.24. The number of nitrogens with one attached hydrogen (secondary N) is 2. The van der Waals surface area contributed by atoms with E-state index in [9.17, 15) is 9.59 Å². The number of nitrogens with zero attached hydrogens (tertiary/aromatic N) is 3. The smallest absolute Gasteiger partial charge is 0.272 e. The summed E-state index contributed by atoms with van der Waals surface area (Å²) in [7, 11) is 0. The molecule has 8 heteroatoms. The van der Waals surface area contributed by atoms with Crippen LogP contribution in [0.3, 0.4) is 0 Å². The summed E-state index contributed by atoms with van der Waals surface area (Å²) >= 11 is 0. The molecular weight excluding hydrogens is 334 g/mol. The molecule has 2 aromatic rings. The number of amides is 1. The van der Waals surface area contributed by atoms with Crippen molar-refractivity contribution in [3.63, 3.8) is 0 Å². The second-order valence-corrected chi connectivity index (χ2v) is 7.42. The molecule has 5 rings (SSSR count). The van der Waals surface area contributed by atoms with E-state index in [1.807, 2.05) is 6.07 Å². The Labute approximate surface area is 149 Å². The lowest BCUT2D eigenvalue weighted by molar-refractivity contribution is 0.0919. The van der Waals surface area contributed by atoms with E-state index >= 15 is 0 Å². The summed E-state index contributed by atoms with van der Waals surface area (Å²) in [6.45, 7) is 0.728. The highest BCUT2D eigenvalue weighted by Gasteiger charge is 2.34. The Hall–Kier alpha value is -2.48. The Kier molecular flexibility index (Phi) is 3.66. The molecule has 0 aromatic carbocycles. The minimum atomic E-state index is -0.298. The Morgan fingerprint density at radius 2 is 2.15 bits per heavy atom. The first-order valence-electron chi connectivity index (χ1n) is 9.24. The molecule has 1 saturated carbocycles. The van der Waals surface area contributed by atoms with E-state index in [-0.39, 0.29) is 23.6 Å². The van der Waals surface area contributed by atoms with Gasteiger partial charge in [0.25, 0.3) is 11.5 Å². The van der Waals surface area contributed by atoms with Crippen LogP contribution in [0.4, 0.5) is 0 Å². The number of carbonyl (C=O) groups is 1. The van der Waals surface area contributed by atoms with Crippen LogP contribution in [-0.4, -0.2) is 45.1 Å². The van der Waals surface area contributed by atoms with Gasteiger partial charge in [-0.05, 0) is 43.7 Å². The molecule has 3 heterocycles. The summed E-state index contributed by atoms with van der Waals surface area (Å²) in [5, 5.41) is 14.6. The monoisotopic (exact) mass is 355 g/mol. The van der Waals surface area contributed by atoms with Crippen molar-refractivity contribution in [3.8, 4) is 0 Å². The highest BCUT2D eigenvalue weighted by molar-refractivity contribution is 5.92. The number of hydrogen-bond acceptors (Lipinski definition) is 5. The largest absolute Gasteiger partial charge is 0.377 e. The van der Waals surface area contributed by atoms with E-state index in [4.69, 9.17) is 4.74 Å². The zero-order chi connectivity index (χ0) is 17.7. The van der Waals surface area contributed by atoms with E-state index in [1.165, 1.54) is 4.68 Å². The fraction of sp³-hybridized carbons (Fsp3) is 0.556. The predicted octanol–water partition coefficient (Wildman–Crippen LogP) is 0.702. The summed E-state index contributed by atoms with van der Waals surface area (Å²) in [4.78, 5) is 25.0. The van der Waals surface area contributed by atoms with Gasteiger partial charge in [-0.2, -0.15) is 10.2 Å². The molecule has 1 amide bonds. The fourth-order valence-electron chi connectivity index (χ4n) is 3.87. The number of rotatable bonds is 4. The van der Waals surface area contributed by atoms with E-state index in [2.05, 4.69) is 20.6 Å². The minimum absolute atomic E-state index is 0.129. The number of aryl methyl sites for hydroxylation is 2. The summed E-state index contributed by atoms with van der Waals surface area (Å²) in [5.41, 5.74) is 3.31. The second kappa shape index (κ2) is 6.05. The SMILES string of the molecule is O=C(NC1COCC1n1nc2c(cc1=O)CCC2)c1cc(C2CC2)[nH]n1. The average molecular weight is 355 g/mol. The molecule has 2 N–H and O–H groups in total. The van der Waals surface area contributed by atoms with Crippen molar-refractivity contribution in [1.82, 2.24) is 25.3 Å². The van der Waals surface area contributed by atoms with E-state index in [0.29, 0.717) is 24.8 Å². The molecular formula is C18H21N5O3. The molecule has 0 spiro atoms. The molecule has 2 unspecified atom stereocenters. The van der Waals surface area contributed by atoms with E-state index in [0.717, 1.165) is 49.1 Å². The summed E-state index contributed by atoms with van der Waals surface area (Å²) < 4.78 is 7.03. The Morgan fingerprint density at radius 3 is 3.00 bits per heavy atom. The number of carbonyl (C=O) groups excluding carboxylic acids is 1. The Balaban J connectivity index is 1.35. The lowest BCUT2D eigenvalue weighted by atomic mass is 10.1. The third-order valence-corrected chi connectivity index (χ3v) is 5.51. The van der Waals surface area contributed by atoms with Crippen LogP contribution in [0.25, 0.3) is 0 Å². The molecule has 0 radical (unpaired) electrons. The maximum absolute atomic E-state index is 12.5. The third kappa shape index (κ3) is 2.74. The molecule has 2 atom stereocenters. The van der Waals surface area contributed by atoms with Gasteiger partial charge in [0.15, 0.2) is 0 Å². The molecule has 1 saturated heterocycles. The molecule has 1 aliphatic heterocycles. The van der Waals surface area contributed by atoms with Gasteiger partial charge in [0.1, 0.15) is 11.7 Å². The highest BCUT2D eigenvalue weighted by atomic mass is 16.5. The lowest BCUT2D eigenvalue weighted by Crippen LogP contribution is -2.44. The van der Waals surface area contributed by atoms with Gasteiger partial charge in [0.2, 0.25) is 0 Å². The van der Waals surface area contributed by atoms with Crippen LogP contribution < -0.4 is 10.9 Å². The molecule has 2 aromatic heterocycles. The summed E-state index contributed by atoms with van der Waals surface area (Å²) in [6, 6.07) is 2.91. The van der Waals surface area contributed by atoms with Crippen LogP contribution >= 0.6 is 0 Å². The van der Waals surface area contributed by atoms with Crippen LogP contribution in [0.15, 0.2) is 16.9 Å². The number of hydrogen-bond donors (Lipinski definition) is 2. The molecule has 136 valence electrons. The van der Waals surface area contributed by atoms with Crippen LogP contribution in [0.2, 0.25) is 0 Å². The summed E-state index contributed by atoms with van der Waals surface area (Å²) in [6.07, 6.45) is 5.15. The average Bonchev–Trinajstić information content (AvgIpc) is 3.02. The van der Waals surface area contributed by atoms with Gasteiger partial charge >= 0.3 is 0 Å². The Bertz CT molecular complexity index is 914. The first-order chi connectivity index (χ1) is 12.7. The number of aromatic amines is 1. The number of H-pyrrole nitrogens is 1. The molecule has 2 aliphatic carbocycles. The normalized spacial score (nSPS) is 24.6. The van der Waals surface area contributed by atoms with Gasteiger partial charge in [-0.3, -0.25) is 14.7 Å². The number of fused-ring (bicyclic) bond motifs is 1. The van der Waals surface area contributed by atoms with Crippen LogP contribution in [0, 0.1) is 0 Å². The number of ether oxygens (including phenoxy) is 1. The fourth-order valence-corrected chi connectivity index (χ4v) is 3.87. The van der Waals surface area contributed by atoms with Crippen molar-refractivity contribution in [2.24, 2.45) is 0 Å². The van der Waals surface area contributed by atoms with E-state index in [1.54, 1.807) is 6.07 Å². The zero-order valence-electron chi connectivity index (χ0n) is 14.4. The maximum Gasteiger partial charge on any atom is 0.272 e. The van der Waals surface area contributed by atoms with Gasteiger partial charge in [-0.15, -0.1) is 0 Å². The third-order valence-electron chi connectivity index (χ3n) is 5.51. The minimum Gasteiger partial charge on any atom is -0.377 e. The molecule has 2 fully saturated rings. The van der Waals surface area contributed by atoms with Crippen molar-refractivity contribution in [2.75, 3.05) is 13.2 Å². The summed E-state index contributed by atoms with van der Waals surface area (Å²) in [5.74, 6) is 0.267. The molecule has 3 aliphatic rings.